The van der Waals surface area contributed by atoms with Crippen LogP contribution in [0.4, 0.5) is 5.69 Å². The first-order valence-corrected chi connectivity index (χ1v) is 8.15. The van der Waals surface area contributed by atoms with Gasteiger partial charge in [0.15, 0.2) is 5.78 Å². The number of hydrogen-bond acceptors (Lipinski definition) is 4. The number of ketones is 1. The summed E-state index contributed by atoms with van der Waals surface area (Å²) in [5, 5.41) is 0. The van der Waals surface area contributed by atoms with Gasteiger partial charge in [0.05, 0.1) is 12.0 Å². The van der Waals surface area contributed by atoms with Crippen LogP contribution in [0.2, 0.25) is 0 Å². The Bertz CT molecular complexity index is 844. The van der Waals surface area contributed by atoms with Gasteiger partial charge in [-0.3, -0.25) is 9.35 Å². The first-order chi connectivity index (χ1) is 10.8. The molecule has 1 N–H and O–H groups in total. The average Bonchev–Trinajstić information content (AvgIpc) is 2.52. The number of rotatable bonds is 5. The van der Waals surface area contributed by atoms with Crippen molar-refractivity contribution in [3.05, 3.63) is 59.7 Å². The zero-order valence-electron chi connectivity index (χ0n) is 12.7. The van der Waals surface area contributed by atoms with E-state index in [0.29, 0.717) is 5.56 Å². The Morgan fingerprint density at radius 1 is 1.09 bits per heavy atom. The van der Waals surface area contributed by atoms with Gasteiger partial charge in [-0.05, 0) is 18.2 Å². The summed E-state index contributed by atoms with van der Waals surface area (Å²) in [6.45, 7) is 0. The summed E-state index contributed by atoms with van der Waals surface area (Å²) >= 11 is 0. The van der Waals surface area contributed by atoms with Crippen molar-refractivity contribution in [2.24, 2.45) is 4.99 Å². The second-order valence-corrected chi connectivity index (χ2v) is 6.45. The lowest BCUT2D eigenvalue weighted by atomic mass is 10.0. The minimum Gasteiger partial charge on any atom is -0.369 e. The molecular weight excluding hydrogens is 316 g/mol. The highest BCUT2D eigenvalue weighted by atomic mass is 32.2. The van der Waals surface area contributed by atoms with Crippen LogP contribution in [0.3, 0.4) is 0 Å². The molecule has 0 amide bonds. The van der Waals surface area contributed by atoms with E-state index >= 15 is 0 Å². The molecule has 0 spiro atoms. The van der Waals surface area contributed by atoms with E-state index in [1.54, 1.807) is 49.3 Å². The molecule has 2 rings (SSSR count). The van der Waals surface area contributed by atoms with E-state index in [0.717, 1.165) is 6.07 Å². The number of nitrogens with zero attached hydrogens (tertiary/aromatic N) is 2. The molecule has 2 aromatic rings. The van der Waals surface area contributed by atoms with Gasteiger partial charge in [-0.15, -0.1) is 0 Å². The summed E-state index contributed by atoms with van der Waals surface area (Å²) in [4.78, 5) is 17.6. The van der Waals surface area contributed by atoms with Crippen LogP contribution in [0.1, 0.15) is 15.9 Å². The van der Waals surface area contributed by atoms with Crippen molar-refractivity contribution in [2.45, 2.75) is 4.90 Å². The zero-order valence-corrected chi connectivity index (χ0v) is 13.5. The van der Waals surface area contributed by atoms with Crippen LogP contribution in [0, 0.1) is 0 Å². The van der Waals surface area contributed by atoms with Crippen molar-refractivity contribution in [3.63, 3.8) is 0 Å². The Morgan fingerprint density at radius 2 is 1.74 bits per heavy atom. The van der Waals surface area contributed by atoms with Crippen LogP contribution >= 0.6 is 0 Å². The largest absolute Gasteiger partial charge is 0.369 e. The van der Waals surface area contributed by atoms with Crippen molar-refractivity contribution in [3.8, 4) is 0 Å². The molecule has 6 nitrogen and oxygen atoms in total. The van der Waals surface area contributed by atoms with E-state index in [9.17, 15) is 17.8 Å². The molecule has 0 saturated heterocycles. The molecule has 23 heavy (non-hydrogen) atoms. The van der Waals surface area contributed by atoms with Gasteiger partial charge in [0.1, 0.15) is 4.90 Å². The molecule has 0 aliphatic heterocycles. The predicted octanol–water partition coefficient (Wildman–Crippen LogP) is 2.39. The molecule has 0 aromatic heterocycles. The van der Waals surface area contributed by atoms with Crippen LogP contribution in [0.5, 0.6) is 0 Å². The van der Waals surface area contributed by atoms with Gasteiger partial charge in [-0.2, -0.15) is 8.42 Å². The Morgan fingerprint density at radius 3 is 2.30 bits per heavy atom. The van der Waals surface area contributed by atoms with Crippen molar-refractivity contribution in [1.29, 1.82) is 0 Å². The number of aliphatic imine (C=N–C) groups is 1. The normalized spacial score (nSPS) is 11.6. The lowest BCUT2D eigenvalue weighted by molar-refractivity contribution is 0.103. The van der Waals surface area contributed by atoms with Gasteiger partial charge in [0.25, 0.3) is 10.1 Å². The number of carbonyl (C=O) groups is 1. The molecule has 0 atom stereocenters. The molecule has 0 radical (unpaired) electrons. The molecule has 0 unspecified atom stereocenters. The Labute approximate surface area is 134 Å². The van der Waals surface area contributed by atoms with Crippen molar-refractivity contribution >= 4 is 27.9 Å². The maximum Gasteiger partial charge on any atom is 0.296 e. The van der Waals surface area contributed by atoms with Gasteiger partial charge in [0, 0.05) is 25.2 Å². The Kier molecular flexibility index (Phi) is 4.92. The Hall–Kier alpha value is -2.51. The van der Waals surface area contributed by atoms with E-state index in [-0.39, 0.29) is 17.0 Å². The summed E-state index contributed by atoms with van der Waals surface area (Å²) < 4.78 is 32.5. The topological polar surface area (TPSA) is 87.0 Å². The summed E-state index contributed by atoms with van der Waals surface area (Å²) in [5.41, 5.74) is 0.650. The quantitative estimate of drug-likeness (QED) is 0.393. The third-order valence-electron chi connectivity index (χ3n) is 2.96. The van der Waals surface area contributed by atoms with Crippen molar-refractivity contribution < 1.29 is 17.8 Å². The smallest absolute Gasteiger partial charge is 0.296 e. The number of carbonyl (C=O) groups excluding carboxylic acids is 1. The summed E-state index contributed by atoms with van der Waals surface area (Å²) in [6, 6.07) is 12.5. The van der Waals surface area contributed by atoms with Crippen LogP contribution in [-0.2, 0) is 10.1 Å². The first kappa shape index (κ1) is 16.9. The number of hydrogen-bond donors (Lipinski definition) is 1. The molecule has 0 fully saturated rings. The second kappa shape index (κ2) is 6.72. The fraction of sp³-hybridized carbons (Fsp3) is 0.125. The van der Waals surface area contributed by atoms with E-state index in [4.69, 9.17) is 0 Å². The van der Waals surface area contributed by atoms with E-state index in [1.807, 2.05) is 0 Å². The highest BCUT2D eigenvalue weighted by Crippen LogP contribution is 2.26. The first-order valence-electron chi connectivity index (χ1n) is 6.71. The molecule has 2 aromatic carbocycles. The van der Waals surface area contributed by atoms with Crippen LogP contribution in [0.15, 0.2) is 58.4 Å². The summed E-state index contributed by atoms with van der Waals surface area (Å²) in [7, 11) is -1.05. The zero-order chi connectivity index (χ0) is 17.0. The fourth-order valence-electron chi connectivity index (χ4n) is 1.90. The van der Waals surface area contributed by atoms with E-state index < -0.39 is 15.0 Å². The van der Waals surface area contributed by atoms with Crippen molar-refractivity contribution in [2.75, 3.05) is 14.1 Å². The maximum atomic E-state index is 12.4. The minimum absolute atomic E-state index is 0.0609. The molecular formula is C16H16N2O4S. The molecule has 7 heteroatoms. The Balaban J connectivity index is 2.51. The van der Waals surface area contributed by atoms with Crippen molar-refractivity contribution in [1.82, 2.24) is 4.90 Å². The van der Waals surface area contributed by atoms with Gasteiger partial charge in [-0.25, -0.2) is 4.99 Å². The maximum absolute atomic E-state index is 12.4. The second-order valence-electron chi connectivity index (χ2n) is 5.06. The molecule has 0 bridgehead atoms. The molecule has 120 valence electrons. The fourth-order valence-corrected chi connectivity index (χ4v) is 2.56. The van der Waals surface area contributed by atoms with Crippen LogP contribution in [-0.4, -0.2) is 44.1 Å². The highest BCUT2D eigenvalue weighted by Gasteiger charge is 2.19. The summed E-state index contributed by atoms with van der Waals surface area (Å²) in [6.07, 6.45) is 1.41. The molecule has 0 aliphatic rings. The molecule has 0 aliphatic carbocycles. The SMILES string of the molecule is CN(C)C=Nc1ccc(C(=O)c2ccccc2)cc1S(=O)(=O)O. The van der Waals surface area contributed by atoms with Crippen LogP contribution < -0.4 is 0 Å². The minimum atomic E-state index is -4.50. The monoisotopic (exact) mass is 332 g/mol. The van der Waals surface area contributed by atoms with Crippen LogP contribution in [0.25, 0.3) is 0 Å². The third-order valence-corrected chi connectivity index (χ3v) is 3.85. The average molecular weight is 332 g/mol. The lowest BCUT2D eigenvalue weighted by Gasteiger charge is -2.08. The van der Waals surface area contributed by atoms with E-state index in [2.05, 4.69) is 4.99 Å². The predicted molar refractivity (Wildman–Crippen MR) is 88.0 cm³/mol. The number of benzene rings is 2. The lowest BCUT2D eigenvalue weighted by Crippen LogP contribution is -2.08. The van der Waals surface area contributed by atoms with E-state index in [1.165, 1.54) is 18.5 Å². The van der Waals surface area contributed by atoms with Gasteiger partial charge >= 0.3 is 0 Å². The molecule has 0 saturated carbocycles. The standard InChI is InChI=1S/C16H16N2O4S/c1-18(2)11-17-14-9-8-13(10-15(14)23(20,21)22)16(19)12-6-4-3-5-7-12/h3-11H,1-2H3,(H,20,21,22). The van der Waals surface area contributed by atoms with Gasteiger partial charge in [0.2, 0.25) is 0 Å². The summed E-state index contributed by atoms with van der Waals surface area (Å²) in [5.74, 6) is -0.335. The molecule has 0 heterocycles. The highest BCUT2D eigenvalue weighted by molar-refractivity contribution is 7.86. The van der Waals surface area contributed by atoms with Gasteiger partial charge < -0.3 is 4.90 Å². The third kappa shape index (κ3) is 4.24. The van der Waals surface area contributed by atoms with Gasteiger partial charge in [-0.1, -0.05) is 30.3 Å².